The second-order valence-corrected chi connectivity index (χ2v) is 8.42. The average Bonchev–Trinajstić information content (AvgIpc) is 3.16. The van der Waals surface area contributed by atoms with Gasteiger partial charge in [0.1, 0.15) is 5.75 Å². The first-order valence-corrected chi connectivity index (χ1v) is 10.6. The molecule has 0 aliphatic rings. The Bertz CT molecular complexity index is 1240. The molecule has 2 aromatic carbocycles. The molecule has 1 aromatic heterocycles. The highest BCUT2D eigenvalue weighted by atomic mass is 32.2. The van der Waals surface area contributed by atoms with E-state index in [1.165, 1.54) is 30.7 Å². The number of sulfonamides is 1. The zero-order valence-electron chi connectivity index (χ0n) is 15.5. The molecule has 0 amide bonds. The Kier molecular flexibility index (Phi) is 5.87. The third-order valence-electron chi connectivity index (χ3n) is 3.78. The third kappa shape index (κ3) is 4.93. The van der Waals surface area contributed by atoms with Gasteiger partial charge in [0.05, 0.1) is 18.4 Å². The largest absolute Gasteiger partial charge is 0.495 e. The minimum atomic E-state index is -3.99. The van der Waals surface area contributed by atoms with E-state index in [0.29, 0.717) is 5.01 Å². The number of aromatic carboxylic acids is 1. The fourth-order valence-electron chi connectivity index (χ4n) is 2.39. The predicted molar refractivity (Wildman–Crippen MR) is 110 cm³/mol. The summed E-state index contributed by atoms with van der Waals surface area (Å²) < 4.78 is 32.7. The Hall–Kier alpha value is -3.35. The van der Waals surface area contributed by atoms with Gasteiger partial charge in [-0.05, 0) is 48.7 Å². The van der Waals surface area contributed by atoms with E-state index < -0.39 is 16.0 Å². The standard InChI is InChI=1S/C20H16N2O5S2/c1-13-4-3-5-14(10-13)6-9-18-21-19(12-28-18)29(25,26)22-16-8-7-15(20(23)24)11-17(16)27-2/h3-5,7-8,10-12,22H,1-2H3,(H,23,24). The molecular weight excluding hydrogens is 412 g/mol. The number of anilines is 1. The van der Waals surface area contributed by atoms with E-state index >= 15 is 0 Å². The van der Waals surface area contributed by atoms with Crippen LogP contribution in [0.5, 0.6) is 5.75 Å². The third-order valence-corrected chi connectivity index (χ3v) is 5.94. The lowest BCUT2D eigenvalue weighted by Gasteiger charge is -2.11. The lowest BCUT2D eigenvalue weighted by molar-refractivity contribution is 0.0696. The van der Waals surface area contributed by atoms with E-state index in [1.54, 1.807) is 0 Å². The molecule has 9 heteroatoms. The number of nitrogens with one attached hydrogen (secondary N) is 1. The predicted octanol–water partition coefficient (Wildman–Crippen LogP) is 3.36. The maximum atomic E-state index is 12.6. The summed E-state index contributed by atoms with van der Waals surface area (Å²) in [6.07, 6.45) is 0. The molecule has 3 aromatic rings. The minimum absolute atomic E-state index is 0.0211. The van der Waals surface area contributed by atoms with Crippen molar-refractivity contribution in [1.82, 2.24) is 4.98 Å². The summed E-state index contributed by atoms with van der Waals surface area (Å²) >= 11 is 1.11. The number of methoxy groups -OCH3 is 1. The minimum Gasteiger partial charge on any atom is -0.495 e. The fourth-order valence-corrected chi connectivity index (χ4v) is 4.40. The van der Waals surface area contributed by atoms with Gasteiger partial charge in [-0.2, -0.15) is 8.42 Å². The summed E-state index contributed by atoms with van der Waals surface area (Å²) in [7, 11) is -2.67. The molecule has 0 aliphatic heterocycles. The Morgan fingerprint density at radius 2 is 2.00 bits per heavy atom. The van der Waals surface area contributed by atoms with Crippen LogP contribution in [-0.2, 0) is 10.0 Å². The molecule has 0 saturated carbocycles. The molecule has 0 unspecified atom stereocenters. The monoisotopic (exact) mass is 428 g/mol. The maximum Gasteiger partial charge on any atom is 0.335 e. The van der Waals surface area contributed by atoms with Crippen LogP contribution in [-0.4, -0.2) is 31.6 Å². The average molecular weight is 428 g/mol. The number of rotatable bonds is 5. The number of carbonyl (C=O) groups is 1. The topological polar surface area (TPSA) is 106 Å². The van der Waals surface area contributed by atoms with Crippen molar-refractivity contribution < 1.29 is 23.1 Å². The van der Waals surface area contributed by atoms with Gasteiger partial charge in [-0.25, -0.2) is 9.78 Å². The molecule has 0 saturated heterocycles. The molecule has 148 valence electrons. The van der Waals surface area contributed by atoms with Gasteiger partial charge in [-0.3, -0.25) is 4.72 Å². The highest BCUT2D eigenvalue weighted by Crippen LogP contribution is 2.28. The number of nitrogens with zero attached hydrogens (tertiary/aromatic N) is 1. The normalized spacial score (nSPS) is 10.7. The summed E-state index contributed by atoms with van der Waals surface area (Å²) in [5.41, 5.74) is 1.97. The molecular formula is C20H16N2O5S2. The zero-order chi connectivity index (χ0) is 21.0. The number of carboxylic acids is 1. The molecule has 0 radical (unpaired) electrons. The number of ether oxygens (including phenoxy) is 1. The zero-order valence-corrected chi connectivity index (χ0v) is 17.1. The van der Waals surface area contributed by atoms with Crippen LogP contribution < -0.4 is 9.46 Å². The summed E-state index contributed by atoms with van der Waals surface area (Å²) in [6, 6.07) is 11.5. The van der Waals surface area contributed by atoms with Gasteiger partial charge in [-0.1, -0.05) is 18.1 Å². The Morgan fingerprint density at radius 3 is 2.69 bits per heavy atom. The summed E-state index contributed by atoms with van der Waals surface area (Å²) in [5, 5.41) is 10.6. The van der Waals surface area contributed by atoms with Crippen LogP contribution in [0.2, 0.25) is 0 Å². The first-order chi connectivity index (χ1) is 13.8. The van der Waals surface area contributed by atoms with Gasteiger partial charge in [0.2, 0.25) is 0 Å². The fraction of sp³-hybridized carbons (Fsp3) is 0.100. The molecule has 0 bridgehead atoms. The van der Waals surface area contributed by atoms with Crippen molar-refractivity contribution in [3.8, 4) is 17.6 Å². The summed E-state index contributed by atoms with van der Waals surface area (Å²) in [4.78, 5) is 15.1. The van der Waals surface area contributed by atoms with Gasteiger partial charge in [0.15, 0.2) is 10.0 Å². The van der Waals surface area contributed by atoms with Crippen LogP contribution in [0.25, 0.3) is 0 Å². The van der Waals surface area contributed by atoms with Gasteiger partial charge in [-0.15, -0.1) is 11.3 Å². The molecule has 0 spiro atoms. The van der Waals surface area contributed by atoms with Crippen LogP contribution in [0.4, 0.5) is 5.69 Å². The van der Waals surface area contributed by atoms with E-state index in [1.807, 2.05) is 31.2 Å². The van der Waals surface area contributed by atoms with Crippen LogP contribution in [0.1, 0.15) is 26.5 Å². The number of benzene rings is 2. The lowest BCUT2D eigenvalue weighted by atomic mass is 10.1. The Labute approximate surface area is 172 Å². The Morgan fingerprint density at radius 1 is 1.21 bits per heavy atom. The van der Waals surface area contributed by atoms with Crippen LogP contribution in [0.3, 0.4) is 0 Å². The van der Waals surface area contributed by atoms with E-state index in [0.717, 1.165) is 22.5 Å². The summed E-state index contributed by atoms with van der Waals surface area (Å²) in [6.45, 7) is 1.96. The molecule has 0 aliphatic carbocycles. The van der Waals surface area contributed by atoms with E-state index in [2.05, 4.69) is 21.5 Å². The quantitative estimate of drug-likeness (QED) is 0.604. The van der Waals surface area contributed by atoms with Crippen molar-refractivity contribution in [2.45, 2.75) is 11.9 Å². The van der Waals surface area contributed by atoms with Gasteiger partial charge < -0.3 is 9.84 Å². The second-order valence-electron chi connectivity index (χ2n) is 5.94. The number of aryl methyl sites for hydroxylation is 1. The van der Waals surface area contributed by atoms with Crippen LogP contribution in [0, 0.1) is 18.8 Å². The first-order valence-electron chi connectivity index (χ1n) is 8.27. The lowest BCUT2D eigenvalue weighted by Crippen LogP contribution is -2.14. The molecule has 1 heterocycles. The van der Waals surface area contributed by atoms with Crippen LogP contribution >= 0.6 is 11.3 Å². The first kappa shape index (κ1) is 20.4. The number of aromatic nitrogens is 1. The highest BCUT2D eigenvalue weighted by Gasteiger charge is 2.20. The van der Waals surface area contributed by atoms with Gasteiger partial charge >= 0.3 is 5.97 Å². The van der Waals surface area contributed by atoms with Crippen molar-refractivity contribution >= 4 is 33.0 Å². The smallest absolute Gasteiger partial charge is 0.335 e. The maximum absolute atomic E-state index is 12.6. The number of carboxylic acid groups (broad SMARTS) is 1. The molecule has 3 rings (SSSR count). The van der Waals surface area contributed by atoms with Crippen LogP contribution in [0.15, 0.2) is 52.9 Å². The SMILES string of the molecule is COc1cc(C(=O)O)ccc1NS(=O)(=O)c1csc(C#Cc2cccc(C)c2)n1. The van der Waals surface area contributed by atoms with Crippen molar-refractivity contribution in [1.29, 1.82) is 0 Å². The van der Waals surface area contributed by atoms with E-state index in [4.69, 9.17) is 9.84 Å². The second kappa shape index (κ2) is 8.34. The summed E-state index contributed by atoms with van der Waals surface area (Å²) in [5.74, 6) is 4.76. The van der Waals surface area contributed by atoms with Crippen molar-refractivity contribution in [2.24, 2.45) is 0 Å². The van der Waals surface area contributed by atoms with Gasteiger partial charge in [0, 0.05) is 10.9 Å². The van der Waals surface area contributed by atoms with Crippen molar-refractivity contribution in [3.63, 3.8) is 0 Å². The highest BCUT2D eigenvalue weighted by molar-refractivity contribution is 7.92. The van der Waals surface area contributed by atoms with E-state index in [9.17, 15) is 13.2 Å². The molecule has 0 fully saturated rings. The van der Waals surface area contributed by atoms with E-state index in [-0.39, 0.29) is 22.0 Å². The molecule has 29 heavy (non-hydrogen) atoms. The molecule has 0 atom stereocenters. The number of hydrogen-bond donors (Lipinski definition) is 2. The molecule has 2 N–H and O–H groups in total. The van der Waals surface area contributed by atoms with Crippen molar-refractivity contribution in [2.75, 3.05) is 11.8 Å². The number of hydrogen-bond acceptors (Lipinski definition) is 6. The molecule has 7 nitrogen and oxygen atoms in total. The van der Waals surface area contributed by atoms with Crippen molar-refractivity contribution in [3.05, 3.63) is 69.5 Å². The Balaban J connectivity index is 1.84. The van der Waals surface area contributed by atoms with Gasteiger partial charge in [0.25, 0.3) is 10.0 Å². The number of thiazole rings is 1.